The highest BCUT2D eigenvalue weighted by Crippen LogP contribution is 2.43. The van der Waals surface area contributed by atoms with Gasteiger partial charge in [0.1, 0.15) is 23.7 Å². The number of rotatable bonds is 3. The maximum atomic E-state index is 6.46. The van der Waals surface area contributed by atoms with Crippen molar-refractivity contribution in [1.29, 1.82) is 0 Å². The first kappa shape index (κ1) is 14.9. The van der Waals surface area contributed by atoms with E-state index in [1.807, 2.05) is 36.4 Å². The van der Waals surface area contributed by atoms with E-state index in [-0.39, 0.29) is 11.1 Å². The van der Waals surface area contributed by atoms with E-state index in [4.69, 9.17) is 15.2 Å². The van der Waals surface area contributed by atoms with Crippen LogP contribution in [0.3, 0.4) is 0 Å². The average molecular weight is 297 g/mol. The molecule has 2 aromatic carbocycles. The molecule has 0 aromatic heterocycles. The molecule has 0 amide bonds. The third-order valence-corrected chi connectivity index (χ3v) is 4.00. The molecule has 0 spiro atoms. The molecule has 2 N–H and O–H groups in total. The highest BCUT2D eigenvalue weighted by Gasteiger charge is 2.39. The van der Waals surface area contributed by atoms with E-state index in [1.54, 1.807) is 0 Å². The number of hydrogen-bond donors (Lipinski definition) is 1. The molecule has 1 unspecified atom stereocenters. The molecule has 0 saturated heterocycles. The highest BCUT2D eigenvalue weighted by molar-refractivity contribution is 5.46. The van der Waals surface area contributed by atoms with Crippen molar-refractivity contribution in [1.82, 2.24) is 0 Å². The zero-order valence-electron chi connectivity index (χ0n) is 13.4. The summed E-state index contributed by atoms with van der Waals surface area (Å²) < 4.78 is 12.0. The van der Waals surface area contributed by atoms with E-state index in [9.17, 15) is 0 Å². The van der Waals surface area contributed by atoms with Gasteiger partial charge in [-0.2, -0.15) is 0 Å². The lowest BCUT2D eigenvalue weighted by Gasteiger charge is -2.42. The predicted molar refractivity (Wildman–Crippen MR) is 88.1 cm³/mol. The first-order valence-electron chi connectivity index (χ1n) is 7.65. The lowest BCUT2D eigenvalue weighted by atomic mass is 9.80. The van der Waals surface area contributed by atoms with Crippen LogP contribution in [0.4, 0.5) is 0 Å². The summed E-state index contributed by atoms with van der Waals surface area (Å²) in [6.07, 6.45) is 0.789. The van der Waals surface area contributed by atoms with Crippen LogP contribution >= 0.6 is 0 Å². The molecule has 3 rings (SSSR count). The van der Waals surface area contributed by atoms with Gasteiger partial charge in [-0.25, -0.2) is 0 Å². The molecule has 0 fully saturated rings. The molecule has 2 aromatic rings. The van der Waals surface area contributed by atoms with E-state index in [2.05, 4.69) is 32.9 Å². The smallest absolute Gasteiger partial charge is 0.128 e. The molecule has 0 saturated carbocycles. The van der Waals surface area contributed by atoms with E-state index in [0.29, 0.717) is 6.61 Å². The molecule has 22 heavy (non-hydrogen) atoms. The quantitative estimate of drug-likeness (QED) is 0.931. The Labute approximate surface area is 132 Å². The number of fused-ring (bicyclic) bond motifs is 1. The van der Waals surface area contributed by atoms with Gasteiger partial charge in [-0.1, -0.05) is 30.3 Å². The standard InChI is InChI=1S/C19H23NO2/c1-18(2)13-19(3,20)16-10-9-15(11-17(16)22-18)21-12-14-7-5-4-6-8-14/h4-11H,12-13,20H2,1-3H3. The first-order chi connectivity index (χ1) is 10.4. The van der Waals surface area contributed by atoms with Crippen LogP contribution in [-0.4, -0.2) is 5.60 Å². The van der Waals surface area contributed by atoms with Gasteiger partial charge in [0, 0.05) is 23.6 Å². The fourth-order valence-electron chi connectivity index (χ4n) is 3.20. The zero-order chi connectivity index (χ0) is 15.8. The van der Waals surface area contributed by atoms with Crippen LogP contribution < -0.4 is 15.2 Å². The third-order valence-electron chi connectivity index (χ3n) is 4.00. The van der Waals surface area contributed by atoms with Crippen LogP contribution in [0, 0.1) is 0 Å². The number of nitrogens with two attached hydrogens (primary N) is 1. The molecule has 1 aliphatic rings. The molecule has 0 bridgehead atoms. The Kier molecular flexibility index (Phi) is 3.61. The lowest BCUT2D eigenvalue weighted by Crippen LogP contribution is -2.47. The second-order valence-electron chi connectivity index (χ2n) is 6.89. The van der Waals surface area contributed by atoms with Crippen molar-refractivity contribution in [2.45, 2.75) is 44.9 Å². The van der Waals surface area contributed by atoms with Crippen molar-refractivity contribution in [3.63, 3.8) is 0 Å². The van der Waals surface area contributed by atoms with Crippen molar-refractivity contribution in [2.75, 3.05) is 0 Å². The van der Waals surface area contributed by atoms with Gasteiger partial charge < -0.3 is 15.2 Å². The molecule has 3 nitrogen and oxygen atoms in total. The maximum absolute atomic E-state index is 6.46. The van der Waals surface area contributed by atoms with Gasteiger partial charge in [-0.3, -0.25) is 0 Å². The van der Waals surface area contributed by atoms with Crippen LogP contribution in [0.2, 0.25) is 0 Å². The van der Waals surface area contributed by atoms with Gasteiger partial charge in [-0.05, 0) is 38.5 Å². The molecular formula is C19H23NO2. The monoisotopic (exact) mass is 297 g/mol. The average Bonchev–Trinajstić information content (AvgIpc) is 2.43. The Morgan fingerprint density at radius 2 is 1.82 bits per heavy atom. The highest BCUT2D eigenvalue weighted by atomic mass is 16.5. The van der Waals surface area contributed by atoms with Gasteiger partial charge >= 0.3 is 0 Å². The van der Waals surface area contributed by atoms with E-state index < -0.39 is 0 Å². The largest absolute Gasteiger partial charge is 0.489 e. The Balaban J connectivity index is 1.82. The molecule has 0 aliphatic carbocycles. The molecule has 3 heteroatoms. The summed E-state index contributed by atoms with van der Waals surface area (Å²) in [6, 6.07) is 16.1. The number of ether oxygens (including phenoxy) is 2. The summed E-state index contributed by atoms with van der Waals surface area (Å²) in [4.78, 5) is 0. The van der Waals surface area contributed by atoms with Gasteiger partial charge in [0.2, 0.25) is 0 Å². The third kappa shape index (κ3) is 3.09. The summed E-state index contributed by atoms with van der Waals surface area (Å²) in [5, 5.41) is 0. The SMILES string of the molecule is CC1(C)CC(C)(N)c2ccc(OCc3ccccc3)cc2O1. The van der Waals surface area contributed by atoms with Gasteiger partial charge in [0.15, 0.2) is 0 Å². The minimum atomic E-state index is -0.380. The molecular weight excluding hydrogens is 274 g/mol. The molecule has 1 heterocycles. The van der Waals surface area contributed by atoms with Gasteiger partial charge in [-0.15, -0.1) is 0 Å². The summed E-state index contributed by atoms with van der Waals surface area (Å²) >= 11 is 0. The predicted octanol–water partition coefficient (Wildman–Crippen LogP) is 4.00. The molecule has 0 radical (unpaired) electrons. The second-order valence-corrected chi connectivity index (χ2v) is 6.89. The minimum Gasteiger partial charge on any atom is -0.489 e. The van der Waals surface area contributed by atoms with Crippen molar-refractivity contribution in [3.8, 4) is 11.5 Å². The zero-order valence-corrected chi connectivity index (χ0v) is 13.4. The summed E-state index contributed by atoms with van der Waals surface area (Å²) in [5.41, 5.74) is 7.99. The van der Waals surface area contributed by atoms with Gasteiger partial charge in [0.25, 0.3) is 0 Å². The first-order valence-corrected chi connectivity index (χ1v) is 7.65. The minimum absolute atomic E-state index is 0.269. The summed E-state index contributed by atoms with van der Waals surface area (Å²) in [5.74, 6) is 1.63. The molecule has 1 atom stereocenters. The van der Waals surface area contributed by atoms with Crippen molar-refractivity contribution in [2.24, 2.45) is 5.73 Å². The van der Waals surface area contributed by atoms with Gasteiger partial charge in [0.05, 0.1) is 0 Å². The Hall–Kier alpha value is -2.00. The van der Waals surface area contributed by atoms with Crippen molar-refractivity contribution < 1.29 is 9.47 Å². The van der Waals surface area contributed by atoms with E-state index in [1.165, 1.54) is 0 Å². The van der Waals surface area contributed by atoms with Crippen molar-refractivity contribution in [3.05, 3.63) is 59.7 Å². The van der Waals surface area contributed by atoms with Crippen LogP contribution in [0.5, 0.6) is 11.5 Å². The van der Waals surface area contributed by atoms with Crippen molar-refractivity contribution >= 4 is 0 Å². The topological polar surface area (TPSA) is 44.5 Å². The fraction of sp³-hybridized carbons (Fsp3) is 0.368. The molecule has 1 aliphatic heterocycles. The fourth-order valence-corrected chi connectivity index (χ4v) is 3.20. The maximum Gasteiger partial charge on any atom is 0.128 e. The Morgan fingerprint density at radius 3 is 2.55 bits per heavy atom. The summed E-state index contributed by atoms with van der Waals surface area (Å²) in [7, 11) is 0. The van der Waals surface area contributed by atoms with E-state index >= 15 is 0 Å². The van der Waals surface area contributed by atoms with Crippen LogP contribution in [0.15, 0.2) is 48.5 Å². The lowest BCUT2D eigenvalue weighted by molar-refractivity contribution is 0.0499. The number of benzene rings is 2. The Morgan fingerprint density at radius 1 is 1.09 bits per heavy atom. The second kappa shape index (κ2) is 5.33. The van der Waals surface area contributed by atoms with Crippen LogP contribution in [0.25, 0.3) is 0 Å². The molecule has 116 valence electrons. The number of hydrogen-bond acceptors (Lipinski definition) is 3. The summed E-state index contributed by atoms with van der Waals surface area (Å²) in [6.45, 7) is 6.74. The normalized spacial score (nSPS) is 22.5. The Bertz CT molecular complexity index is 662. The van der Waals surface area contributed by atoms with E-state index in [0.717, 1.165) is 29.0 Å². The van der Waals surface area contributed by atoms with Crippen LogP contribution in [-0.2, 0) is 12.1 Å². The van der Waals surface area contributed by atoms with Crippen LogP contribution in [0.1, 0.15) is 38.3 Å².